The quantitative estimate of drug-likeness (QED) is 0.406. The number of benzene rings is 2. The van der Waals surface area contributed by atoms with E-state index in [4.69, 9.17) is 9.47 Å². The lowest BCUT2D eigenvalue weighted by atomic mass is 10.0. The fourth-order valence-corrected chi connectivity index (χ4v) is 6.31. The number of tetrazole rings is 1. The Balaban J connectivity index is 1.19. The third-order valence-electron chi connectivity index (χ3n) is 8.37. The summed E-state index contributed by atoms with van der Waals surface area (Å²) in [6, 6.07) is 14.3. The summed E-state index contributed by atoms with van der Waals surface area (Å²) in [6.45, 7) is 6.55. The van der Waals surface area contributed by atoms with Gasteiger partial charge >= 0.3 is 0 Å². The average molecular weight is 528 g/mol. The molecule has 0 amide bonds. The summed E-state index contributed by atoms with van der Waals surface area (Å²) in [6.07, 6.45) is 4.51. The molecule has 0 spiro atoms. The maximum absolute atomic E-state index is 13.5. The minimum atomic E-state index is -0.318. The minimum absolute atomic E-state index is 0.0832. The maximum Gasteiger partial charge on any atom is 0.253 e. The molecular formula is C29H33N7O3. The molecule has 4 aromatic rings. The largest absolute Gasteiger partial charge is 0.454 e. The second-order valence-corrected chi connectivity index (χ2v) is 11.0. The van der Waals surface area contributed by atoms with Crippen molar-refractivity contribution in [1.29, 1.82) is 0 Å². The number of H-pyrrole nitrogens is 1. The normalized spacial score (nSPS) is 19.2. The summed E-state index contributed by atoms with van der Waals surface area (Å²) in [5.74, 6) is 2.39. The van der Waals surface area contributed by atoms with Gasteiger partial charge in [0.05, 0.1) is 6.04 Å². The molecule has 202 valence electrons. The molecule has 10 nitrogen and oxygen atoms in total. The van der Waals surface area contributed by atoms with Gasteiger partial charge in [0.25, 0.3) is 5.56 Å². The number of nitrogens with zero attached hydrogens (tertiary/aromatic N) is 6. The van der Waals surface area contributed by atoms with Crippen molar-refractivity contribution in [3.63, 3.8) is 0 Å². The van der Waals surface area contributed by atoms with E-state index in [9.17, 15) is 4.79 Å². The molecular weight excluding hydrogens is 494 g/mol. The summed E-state index contributed by atoms with van der Waals surface area (Å²) in [4.78, 5) is 21.5. The number of nitrogens with one attached hydrogen (secondary N) is 1. The Morgan fingerprint density at radius 1 is 1.00 bits per heavy atom. The van der Waals surface area contributed by atoms with Crippen LogP contribution in [0.15, 0.2) is 47.3 Å². The van der Waals surface area contributed by atoms with Crippen LogP contribution in [0.5, 0.6) is 11.5 Å². The number of piperazine rings is 1. The third-order valence-corrected chi connectivity index (χ3v) is 8.37. The molecule has 2 aliphatic heterocycles. The Morgan fingerprint density at radius 3 is 2.67 bits per heavy atom. The van der Waals surface area contributed by atoms with Gasteiger partial charge in [0.2, 0.25) is 6.79 Å². The van der Waals surface area contributed by atoms with E-state index < -0.39 is 0 Å². The van der Waals surface area contributed by atoms with Gasteiger partial charge in [-0.25, -0.2) is 4.68 Å². The minimum Gasteiger partial charge on any atom is -0.454 e. The van der Waals surface area contributed by atoms with E-state index in [0.29, 0.717) is 5.56 Å². The fraction of sp³-hybridized carbons (Fsp3) is 0.448. The van der Waals surface area contributed by atoms with Crippen molar-refractivity contribution in [2.24, 2.45) is 0 Å². The van der Waals surface area contributed by atoms with Crippen LogP contribution in [-0.4, -0.2) is 68.0 Å². The number of hydrogen-bond acceptors (Lipinski definition) is 8. The van der Waals surface area contributed by atoms with Crippen molar-refractivity contribution in [3.8, 4) is 11.5 Å². The van der Waals surface area contributed by atoms with Gasteiger partial charge in [-0.2, -0.15) is 0 Å². The lowest BCUT2D eigenvalue weighted by Crippen LogP contribution is -2.48. The lowest BCUT2D eigenvalue weighted by molar-refractivity contribution is 0.0988. The number of aromatic amines is 1. The Morgan fingerprint density at radius 2 is 1.82 bits per heavy atom. The number of aryl methyl sites for hydroxylation is 1. The van der Waals surface area contributed by atoms with E-state index in [1.165, 1.54) is 18.4 Å². The van der Waals surface area contributed by atoms with E-state index in [-0.39, 0.29) is 24.4 Å². The lowest BCUT2D eigenvalue weighted by Gasteiger charge is -2.39. The standard InChI is InChI=1S/C29H33N7O3/c1-19-6-8-24-21(14-19)16-23(29(37)30-24)27(28-31-32-33-36(28)22-4-2-3-5-22)35-12-10-34(11-13-35)17-20-7-9-25-26(15-20)39-18-38-25/h6-9,14-16,22,27H,2-5,10-13,17-18H2,1H3,(H,30,37)/t27-/m0/s1. The molecule has 2 aromatic heterocycles. The predicted molar refractivity (Wildman–Crippen MR) is 146 cm³/mol. The zero-order valence-corrected chi connectivity index (χ0v) is 22.2. The number of hydrogen-bond donors (Lipinski definition) is 1. The molecule has 39 heavy (non-hydrogen) atoms. The summed E-state index contributed by atoms with van der Waals surface area (Å²) >= 11 is 0. The molecule has 4 heterocycles. The molecule has 0 unspecified atom stereocenters. The first kappa shape index (κ1) is 24.3. The van der Waals surface area contributed by atoms with Crippen molar-refractivity contribution < 1.29 is 9.47 Å². The molecule has 1 saturated heterocycles. The Bertz CT molecular complexity index is 1550. The molecule has 2 aromatic carbocycles. The fourth-order valence-electron chi connectivity index (χ4n) is 6.31. The number of ether oxygens (including phenoxy) is 2. The summed E-state index contributed by atoms with van der Waals surface area (Å²) in [5, 5.41) is 14.1. The number of aromatic nitrogens is 5. The molecule has 1 aliphatic carbocycles. The van der Waals surface area contributed by atoms with Crippen LogP contribution in [0.1, 0.15) is 60.3 Å². The van der Waals surface area contributed by atoms with Crippen LogP contribution >= 0.6 is 0 Å². The first-order valence-corrected chi connectivity index (χ1v) is 13.9. The highest BCUT2D eigenvalue weighted by Crippen LogP contribution is 2.35. The molecule has 1 N–H and O–H groups in total. The molecule has 7 rings (SSSR count). The molecule has 0 bridgehead atoms. The Labute approximate surface area is 226 Å². The van der Waals surface area contributed by atoms with Crippen LogP contribution in [-0.2, 0) is 6.54 Å². The van der Waals surface area contributed by atoms with Crippen molar-refractivity contribution in [3.05, 3.63) is 75.3 Å². The van der Waals surface area contributed by atoms with Gasteiger partial charge in [-0.05, 0) is 71.5 Å². The first-order chi connectivity index (χ1) is 19.1. The van der Waals surface area contributed by atoms with Gasteiger partial charge in [0.1, 0.15) is 6.04 Å². The van der Waals surface area contributed by atoms with Crippen LogP contribution < -0.4 is 15.0 Å². The van der Waals surface area contributed by atoms with Crippen molar-refractivity contribution in [2.75, 3.05) is 33.0 Å². The molecule has 10 heteroatoms. The second-order valence-electron chi connectivity index (χ2n) is 11.0. The van der Waals surface area contributed by atoms with E-state index in [2.05, 4.69) is 55.4 Å². The van der Waals surface area contributed by atoms with Gasteiger partial charge in [-0.1, -0.05) is 30.5 Å². The number of fused-ring (bicyclic) bond motifs is 2. The summed E-state index contributed by atoms with van der Waals surface area (Å²) in [7, 11) is 0. The van der Waals surface area contributed by atoms with Gasteiger partial charge < -0.3 is 14.5 Å². The van der Waals surface area contributed by atoms with Crippen LogP contribution in [0.3, 0.4) is 0 Å². The number of pyridine rings is 1. The van der Waals surface area contributed by atoms with Gasteiger partial charge in [-0.3, -0.25) is 14.6 Å². The van der Waals surface area contributed by atoms with Crippen molar-refractivity contribution >= 4 is 10.9 Å². The Kier molecular flexibility index (Phi) is 6.28. The Hall–Kier alpha value is -3.76. The van der Waals surface area contributed by atoms with E-state index >= 15 is 0 Å². The first-order valence-electron chi connectivity index (χ1n) is 13.9. The van der Waals surface area contributed by atoms with E-state index in [0.717, 1.165) is 79.4 Å². The zero-order chi connectivity index (χ0) is 26.3. The molecule has 1 saturated carbocycles. The molecule has 0 radical (unpaired) electrons. The molecule has 1 atom stereocenters. The third kappa shape index (κ3) is 4.68. The van der Waals surface area contributed by atoms with Crippen LogP contribution in [0, 0.1) is 6.92 Å². The average Bonchev–Trinajstić information content (AvgIpc) is 3.72. The molecule has 3 aliphatic rings. The summed E-state index contributed by atoms with van der Waals surface area (Å²) in [5.41, 5.74) is 3.82. The van der Waals surface area contributed by atoms with Crippen molar-refractivity contribution in [2.45, 2.75) is 51.2 Å². The van der Waals surface area contributed by atoms with Crippen molar-refractivity contribution in [1.82, 2.24) is 35.0 Å². The maximum atomic E-state index is 13.5. The SMILES string of the molecule is Cc1ccc2[nH]c(=O)c([C@@H](c3nnnn3C3CCCC3)N3CCN(Cc4ccc5c(c4)OCO5)CC3)cc2c1. The zero-order valence-electron chi connectivity index (χ0n) is 22.2. The highest BCUT2D eigenvalue weighted by Gasteiger charge is 2.34. The van der Waals surface area contributed by atoms with E-state index in [1.807, 2.05) is 28.9 Å². The van der Waals surface area contributed by atoms with Crippen LogP contribution in [0.4, 0.5) is 0 Å². The van der Waals surface area contributed by atoms with Gasteiger partial charge in [-0.15, -0.1) is 5.10 Å². The molecule has 2 fully saturated rings. The second kappa shape index (κ2) is 10.1. The topological polar surface area (TPSA) is 101 Å². The van der Waals surface area contributed by atoms with E-state index in [1.54, 1.807) is 0 Å². The van der Waals surface area contributed by atoms with Gasteiger partial charge in [0.15, 0.2) is 17.3 Å². The highest BCUT2D eigenvalue weighted by molar-refractivity contribution is 5.79. The van der Waals surface area contributed by atoms with Gasteiger partial charge in [0, 0.05) is 43.8 Å². The highest BCUT2D eigenvalue weighted by atomic mass is 16.7. The monoisotopic (exact) mass is 527 g/mol. The predicted octanol–water partition coefficient (Wildman–Crippen LogP) is 3.57. The summed E-state index contributed by atoms with van der Waals surface area (Å²) < 4.78 is 13.0. The van der Waals surface area contributed by atoms with Crippen LogP contribution in [0.25, 0.3) is 10.9 Å². The smallest absolute Gasteiger partial charge is 0.253 e. The van der Waals surface area contributed by atoms with Crippen LogP contribution in [0.2, 0.25) is 0 Å². The number of rotatable bonds is 6.